The first-order valence-corrected chi connectivity index (χ1v) is 7.07. The Morgan fingerprint density at radius 3 is 3.00 bits per heavy atom. The molecule has 0 bridgehead atoms. The number of carbonyl (C=O) groups is 1. The Labute approximate surface area is 115 Å². The summed E-state index contributed by atoms with van der Waals surface area (Å²) in [5.74, 6) is 1.12. The lowest BCUT2D eigenvalue weighted by Crippen LogP contribution is -2.35. The zero-order chi connectivity index (χ0) is 13.7. The second-order valence-corrected chi connectivity index (χ2v) is 5.57. The van der Waals surface area contributed by atoms with Crippen LogP contribution in [0.3, 0.4) is 0 Å². The van der Waals surface area contributed by atoms with E-state index in [4.69, 9.17) is 0 Å². The van der Waals surface area contributed by atoms with Gasteiger partial charge in [0.1, 0.15) is 0 Å². The van der Waals surface area contributed by atoms with Crippen LogP contribution >= 0.6 is 0 Å². The van der Waals surface area contributed by atoms with E-state index in [1.807, 2.05) is 12.3 Å². The molecule has 0 spiro atoms. The molecule has 1 aromatic rings. The van der Waals surface area contributed by atoms with Gasteiger partial charge in [0.2, 0.25) is 5.91 Å². The highest BCUT2D eigenvalue weighted by atomic mass is 16.1. The Morgan fingerprint density at radius 1 is 1.58 bits per heavy atom. The number of hydrogen-bond acceptors (Lipinski definition) is 3. The minimum absolute atomic E-state index is 0.140. The summed E-state index contributed by atoms with van der Waals surface area (Å²) in [6.45, 7) is 6.82. The van der Waals surface area contributed by atoms with Crippen LogP contribution in [0, 0.1) is 11.8 Å². The van der Waals surface area contributed by atoms with E-state index in [0.717, 1.165) is 19.5 Å². The summed E-state index contributed by atoms with van der Waals surface area (Å²) in [7, 11) is 0. The molecule has 1 aliphatic rings. The Morgan fingerprint density at radius 2 is 2.42 bits per heavy atom. The second kappa shape index (κ2) is 6.66. The Balaban J connectivity index is 1.92. The zero-order valence-electron chi connectivity index (χ0n) is 11.7. The van der Waals surface area contributed by atoms with E-state index in [2.05, 4.69) is 35.5 Å². The van der Waals surface area contributed by atoms with Crippen molar-refractivity contribution in [3.63, 3.8) is 0 Å². The maximum absolute atomic E-state index is 12.0. The van der Waals surface area contributed by atoms with Crippen molar-refractivity contribution in [2.45, 2.75) is 26.2 Å². The molecule has 1 fully saturated rings. The number of pyridine rings is 1. The molecular formula is C15H23N3O. The molecule has 2 unspecified atom stereocenters. The average Bonchev–Trinajstić information content (AvgIpc) is 2.93. The summed E-state index contributed by atoms with van der Waals surface area (Å²) in [5.41, 5.74) is 1.20. The third kappa shape index (κ3) is 3.77. The van der Waals surface area contributed by atoms with Crippen LogP contribution in [0.1, 0.15) is 31.7 Å². The van der Waals surface area contributed by atoms with Gasteiger partial charge in [0.25, 0.3) is 0 Å². The Bertz CT molecular complexity index is 399. The molecule has 2 atom stereocenters. The summed E-state index contributed by atoms with van der Waals surface area (Å²) >= 11 is 0. The van der Waals surface area contributed by atoms with Gasteiger partial charge in [-0.1, -0.05) is 19.9 Å². The molecule has 2 N–H and O–H groups in total. The quantitative estimate of drug-likeness (QED) is 0.845. The largest absolute Gasteiger partial charge is 0.355 e. The van der Waals surface area contributed by atoms with Gasteiger partial charge in [0.05, 0.1) is 5.92 Å². The topological polar surface area (TPSA) is 54.0 Å². The van der Waals surface area contributed by atoms with Gasteiger partial charge in [-0.05, 0) is 30.5 Å². The number of carbonyl (C=O) groups excluding carboxylic acids is 1. The van der Waals surface area contributed by atoms with Gasteiger partial charge < -0.3 is 10.6 Å². The standard InChI is InChI=1S/C15H23N3O/c1-11(2)14(12-4-3-6-16-8-12)10-18-15(19)13-5-7-17-9-13/h3-4,6,8,11,13-14,17H,5,7,9-10H2,1-2H3,(H,18,19). The average molecular weight is 261 g/mol. The van der Waals surface area contributed by atoms with Crippen molar-refractivity contribution in [1.82, 2.24) is 15.6 Å². The van der Waals surface area contributed by atoms with E-state index in [9.17, 15) is 4.79 Å². The van der Waals surface area contributed by atoms with Crippen molar-refractivity contribution in [3.05, 3.63) is 30.1 Å². The maximum atomic E-state index is 12.0. The molecule has 19 heavy (non-hydrogen) atoms. The number of amides is 1. The Kier molecular flexibility index (Phi) is 4.91. The van der Waals surface area contributed by atoms with E-state index in [-0.39, 0.29) is 11.8 Å². The molecule has 2 heterocycles. The van der Waals surface area contributed by atoms with Crippen LogP contribution in [0.15, 0.2) is 24.5 Å². The van der Waals surface area contributed by atoms with Crippen LogP contribution < -0.4 is 10.6 Å². The van der Waals surface area contributed by atoms with Crippen molar-refractivity contribution in [1.29, 1.82) is 0 Å². The van der Waals surface area contributed by atoms with E-state index < -0.39 is 0 Å². The molecule has 0 aliphatic carbocycles. The lowest BCUT2D eigenvalue weighted by Gasteiger charge is -2.22. The van der Waals surface area contributed by atoms with Crippen molar-refractivity contribution >= 4 is 5.91 Å². The first-order valence-electron chi connectivity index (χ1n) is 7.07. The van der Waals surface area contributed by atoms with Gasteiger partial charge in [-0.15, -0.1) is 0 Å². The van der Waals surface area contributed by atoms with Gasteiger partial charge in [0, 0.05) is 31.4 Å². The monoisotopic (exact) mass is 261 g/mol. The van der Waals surface area contributed by atoms with Crippen molar-refractivity contribution in [3.8, 4) is 0 Å². The number of nitrogens with one attached hydrogen (secondary N) is 2. The van der Waals surface area contributed by atoms with Crippen molar-refractivity contribution < 1.29 is 4.79 Å². The molecule has 4 nitrogen and oxygen atoms in total. The summed E-state index contributed by atoms with van der Waals surface area (Å²) in [4.78, 5) is 16.2. The molecule has 0 aromatic carbocycles. The van der Waals surface area contributed by atoms with E-state index in [1.54, 1.807) is 6.20 Å². The van der Waals surface area contributed by atoms with E-state index >= 15 is 0 Å². The predicted octanol–water partition coefficient (Wildman–Crippen LogP) is 1.55. The second-order valence-electron chi connectivity index (χ2n) is 5.57. The first-order chi connectivity index (χ1) is 9.18. The van der Waals surface area contributed by atoms with Crippen LogP contribution in [-0.4, -0.2) is 30.5 Å². The highest BCUT2D eigenvalue weighted by Crippen LogP contribution is 2.23. The summed E-state index contributed by atoms with van der Waals surface area (Å²) in [6.07, 6.45) is 4.63. The number of rotatable bonds is 5. The molecule has 1 aromatic heterocycles. The Hall–Kier alpha value is -1.42. The summed E-state index contributed by atoms with van der Waals surface area (Å²) < 4.78 is 0. The van der Waals surface area contributed by atoms with Crippen LogP contribution in [0.5, 0.6) is 0 Å². The maximum Gasteiger partial charge on any atom is 0.224 e. The SMILES string of the molecule is CC(C)C(CNC(=O)C1CCNC1)c1cccnc1. The summed E-state index contributed by atoms with van der Waals surface area (Å²) in [6, 6.07) is 4.04. The zero-order valence-corrected chi connectivity index (χ0v) is 11.7. The third-order valence-electron chi connectivity index (χ3n) is 3.84. The molecule has 1 amide bonds. The van der Waals surface area contributed by atoms with Crippen LogP contribution in [0.25, 0.3) is 0 Å². The highest BCUT2D eigenvalue weighted by molar-refractivity contribution is 5.79. The highest BCUT2D eigenvalue weighted by Gasteiger charge is 2.24. The number of aromatic nitrogens is 1. The molecule has 4 heteroatoms. The van der Waals surface area contributed by atoms with Gasteiger partial charge >= 0.3 is 0 Å². The van der Waals surface area contributed by atoms with Gasteiger partial charge in [0.15, 0.2) is 0 Å². The molecule has 1 aliphatic heterocycles. The molecule has 0 radical (unpaired) electrons. The number of hydrogen-bond donors (Lipinski definition) is 2. The van der Waals surface area contributed by atoms with Crippen molar-refractivity contribution in [2.24, 2.45) is 11.8 Å². The molecule has 104 valence electrons. The lowest BCUT2D eigenvalue weighted by atomic mass is 9.89. The van der Waals surface area contributed by atoms with Gasteiger partial charge in [-0.25, -0.2) is 0 Å². The molecular weight excluding hydrogens is 238 g/mol. The van der Waals surface area contributed by atoms with E-state index in [1.165, 1.54) is 5.56 Å². The normalized spacial score (nSPS) is 20.5. The molecule has 1 saturated heterocycles. The van der Waals surface area contributed by atoms with Crippen LogP contribution in [0.4, 0.5) is 0 Å². The van der Waals surface area contributed by atoms with Gasteiger partial charge in [-0.2, -0.15) is 0 Å². The molecule has 2 rings (SSSR count). The minimum atomic E-state index is 0.140. The lowest BCUT2D eigenvalue weighted by molar-refractivity contribution is -0.124. The fraction of sp³-hybridized carbons (Fsp3) is 0.600. The fourth-order valence-corrected chi connectivity index (χ4v) is 2.57. The predicted molar refractivity (Wildman–Crippen MR) is 75.8 cm³/mol. The minimum Gasteiger partial charge on any atom is -0.355 e. The first kappa shape index (κ1) is 14.0. The van der Waals surface area contributed by atoms with Crippen molar-refractivity contribution in [2.75, 3.05) is 19.6 Å². The van der Waals surface area contributed by atoms with Gasteiger partial charge in [-0.3, -0.25) is 9.78 Å². The third-order valence-corrected chi connectivity index (χ3v) is 3.84. The fourth-order valence-electron chi connectivity index (χ4n) is 2.57. The number of nitrogens with zero attached hydrogens (tertiary/aromatic N) is 1. The van der Waals surface area contributed by atoms with Crippen LogP contribution in [0.2, 0.25) is 0 Å². The molecule has 0 saturated carbocycles. The van der Waals surface area contributed by atoms with E-state index in [0.29, 0.717) is 18.4 Å². The van der Waals surface area contributed by atoms with Crippen LogP contribution in [-0.2, 0) is 4.79 Å². The summed E-state index contributed by atoms with van der Waals surface area (Å²) in [5, 5.41) is 6.32. The smallest absolute Gasteiger partial charge is 0.224 e.